The van der Waals surface area contributed by atoms with Crippen molar-refractivity contribution < 1.29 is 14.3 Å². The molecule has 1 fully saturated rings. The molecule has 0 aliphatic carbocycles. The van der Waals surface area contributed by atoms with Crippen LogP contribution >= 0.6 is 0 Å². The lowest BCUT2D eigenvalue weighted by molar-refractivity contribution is -0.116. The number of nitrogens with zero attached hydrogens (tertiary/aromatic N) is 1. The van der Waals surface area contributed by atoms with E-state index >= 15 is 0 Å². The number of anilines is 2. The molecule has 0 bridgehead atoms. The smallest absolute Gasteiger partial charge is 0.224 e. The molecule has 0 saturated carbocycles. The molecule has 0 unspecified atom stereocenters. The fourth-order valence-corrected chi connectivity index (χ4v) is 3.15. The van der Waals surface area contributed by atoms with E-state index in [1.54, 1.807) is 7.11 Å². The molecule has 1 amide bonds. The van der Waals surface area contributed by atoms with Gasteiger partial charge in [-0.1, -0.05) is 12.1 Å². The highest BCUT2D eigenvalue weighted by atomic mass is 16.5. The monoisotopic (exact) mass is 354 g/mol. The maximum atomic E-state index is 12.2. The Bertz CT molecular complexity index is 737. The van der Waals surface area contributed by atoms with Crippen molar-refractivity contribution in [1.29, 1.82) is 0 Å². The van der Waals surface area contributed by atoms with Crippen molar-refractivity contribution in [2.75, 3.05) is 43.6 Å². The highest BCUT2D eigenvalue weighted by Gasteiger charge is 2.11. The van der Waals surface area contributed by atoms with Crippen LogP contribution in [0.1, 0.15) is 17.5 Å². The zero-order valence-electron chi connectivity index (χ0n) is 15.5. The van der Waals surface area contributed by atoms with E-state index in [0.717, 1.165) is 48.9 Å². The first-order chi connectivity index (χ1) is 12.7. The van der Waals surface area contributed by atoms with Gasteiger partial charge in [-0.3, -0.25) is 4.79 Å². The molecule has 1 saturated heterocycles. The van der Waals surface area contributed by atoms with E-state index in [2.05, 4.69) is 16.3 Å². The number of rotatable bonds is 6. The molecule has 1 aliphatic heterocycles. The van der Waals surface area contributed by atoms with Crippen molar-refractivity contribution in [2.45, 2.75) is 19.8 Å². The van der Waals surface area contributed by atoms with Crippen LogP contribution in [0.5, 0.6) is 5.75 Å². The second kappa shape index (κ2) is 8.72. The number of nitrogens with one attached hydrogen (secondary N) is 1. The molecular weight excluding hydrogens is 328 g/mol. The number of hydrogen-bond acceptors (Lipinski definition) is 4. The Hall–Kier alpha value is -2.53. The van der Waals surface area contributed by atoms with E-state index in [-0.39, 0.29) is 5.91 Å². The number of ether oxygens (including phenoxy) is 2. The number of amides is 1. The average Bonchev–Trinajstić information content (AvgIpc) is 2.68. The van der Waals surface area contributed by atoms with Crippen LogP contribution in [-0.2, 0) is 16.0 Å². The van der Waals surface area contributed by atoms with E-state index in [0.29, 0.717) is 12.8 Å². The molecule has 0 spiro atoms. The first-order valence-corrected chi connectivity index (χ1v) is 9.02. The molecule has 5 nitrogen and oxygen atoms in total. The number of methoxy groups -OCH3 is 1. The van der Waals surface area contributed by atoms with Crippen molar-refractivity contribution in [1.82, 2.24) is 0 Å². The number of hydrogen-bond donors (Lipinski definition) is 1. The predicted molar refractivity (Wildman–Crippen MR) is 104 cm³/mol. The molecule has 26 heavy (non-hydrogen) atoms. The lowest BCUT2D eigenvalue weighted by Crippen LogP contribution is -2.36. The summed E-state index contributed by atoms with van der Waals surface area (Å²) in [6, 6.07) is 14.0. The molecule has 3 rings (SSSR count). The predicted octanol–water partition coefficient (Wildman–Crippen LogP) is 3.41. The minimum absolute atomic E-state index is 0.0255. The van der Waals surface area contributed by atoms with Crippen molar-refractivity contribution in [2.24, 2.45) is 0 Å². The van der Waals surface area contributed by atoms with Gasteiger partial charge in [0.2, 0.25) is 5.91 Å². The van der Waals surface area contributed by atoms with Gasteiger partial charge in [0, 0.05) is 30.9 Å². The normalized spacial score (nSPS) is 14.2. The summed E-state index contributed by atoms with van der Waals surface area (Å²) in [5.41, 5.74) is 4.23. The first kappa shape index (κ1) is 18.3. The Morgan fingerprint density at radius 1 is 1.15 bits per heavy atom. The third kappa shape index (κ3) is 4.76. The maximum absolute atomic E-state index is 12.2. The van der Waals surface area contributed by atoms with Crippen LogP contribution in [0.25, 0.3) is 0 Å². The molecule has 138 valence electrons. The minimum Gasteiger partial charge on any atom is -0.496 e. The molecule has 0 aromatic heterocycles. The summed E-state index contributed by atoms with van der Waals surface area (Å²) in [6.45, 7) is 5.37. The SMILES string of the molecule is COc1ccc(CCC(=O)Nc2ccc(N3CCOCC3)cc2)cc1C. The summed E-state index contributed by atoms with van der Waals surface area (Å²) in [4.78, 5) is 14.5. The minimum atomic E-state index is 0.0255. The fourth-order valence-electron chi connectivity index (χ4n) is 3.15. The summed E-state index contributed by atoms with van der Waals surface area (Å²) in [5, 5.41) is 2.97. The van der Waals surface area contributed by atoms with Crippen LogP contribution < -0.4 is 15.0 Å². The highest BCUT2D eigenvalue weighted by Crippen LogP contribution is 2.21. The van der Waals surface area contributed by atoms with Gasteiger partial charge < -0.3 is 19.7 Å². The van der Waals surface area contributed by atoms with Gasteiger partial charge in [-0.2, -0.15) is 0 Å². The van der Waals surface area contributed by atoms with Crippen LogP contribution in [0.2, 0.25) is 0 Å². The molecule has 2 aromatic rings. The molecular formula is C21H26N2O3. The number of benzene rings is 2. The topological polar surface area (TPSA) is 50.8 Å². The molecule has 0 radical (unpaired) electrons. The zero-order valence-corrected chi connectivity index (χ0v) is 15.5. The molecule has 5 heteroatoms. The van der Waals surface area contributed by atoms with Gasteiger partial charge in [-0.25, -0.2) is 0 Å². The average molecular weight is 354 g/mol. The quantitative estimate of drug-likeness (QED) is 0.864. The largest absolute Gasteiger partial charge is 0.496 e. The van der Waals surface area contributed by atoms with E-state index < -0.39 is 0 Å². The van der Waals surface area contributed by atoms with Crippen LogP contribution in [0.3, 0.4) is 0 Å². The summed E-state index contributed by atoms with van der Waals surface area (Å²) in [6.07, 6.45) is 1.17. The Labute approximate surface area is 154 Å². The van der Waals surface area contributed by atoms with Gasteiger partial charge in [-0.15, -0.1) is 0 Å². The standard InChI is InChI=1S/C21H26N2O3/c1-16-15-17(3-9-20(16)25-2)4-10-21(24)22-18-5-7-19(8-6-18)23-11-13-26-14-12-23/h3,5-9,15H,4,10-14H2,1-2H3,(H,22,24). The Kier molecular flexibility index (Phi) is 6.12. The number of carbonyl (C=O) groups excluding carboxylic acids is 1. The molecule has 1 aliphatic rings. The Morgan fingerprint density at radius 3 is 2.54 bits per heavy atom. The third-order valence-electron chi connectivity index (χ3n) is 4.63. The lowest BCUT2D eigenvalue weighted by atomic mass is 10.1. The first-order valence-electron chi connectivity index (χ1n) is 9.02. The summed E-state index contributed by atoms with van der Waals surface area (Å²) >= 11 is 0. The summed E-state index contributed by atoms with van der Waals surface area (Å²) in [5.74, 6) is 0.899. The van der Waals surface area contributed by atoms with Gasteiger partial charge in [0.05, 0.1) is 20.3 Å². The summed E-state index contributed by atoms with van der Waals surface area (Å²) in [7, 11) is 1.67. The Balaban J connectivity index is 1.50. The lowest BCUT2D eigenvalue weighted by Gasteiger charge is -2.28. The molecule has 0 atom stereocenters. The highest BCUT2D eigenvalue weighted by molar-refractivity contribution is 5.91. The molecule has 1 N–H and O–H groups in total. The fraction of sp³-hybridized carbons (Fsp3) is 0.381. The maximum Gasteiger partial charge on any atom is 0.224 e. The van der Waals surface area contributed by atoms with Crippen molar-refractivity contribution in [3.63, 3.8) is 0 Å². The summed E-state index contributed by atoms with van der Waals surface area (Å²) < 4.78 is 10.6. The van der Waals surface area contributed by atoms with E-state index in [9.17, 15) is 4.79 Å². The van der Waals surface area contributed by atoms with Crippen molar-refractivity contribution in [3.05, 3.63) is 53.6 Å². The molecule has 1 heterocycles. The van der Waals surface area contributed by atoms with Gasteiger partial charge in [-0.05, 0) is 54.8 Å². The van der Waals surface area contributed by atoms with Gasteiger partial charge in [0.1, 0.15) is 5.75 Å². The van der Waals surface area contributed by atoms with Crippen LogP contribution in [0, 0.1) is 6.92 Å². The second-order valence-electron chi connectivity index (χ2n) is 6.50. The van der Waals surface area contributed by atoms with Crippen LogP contribution in [-0.4, -0.2) is 39.3 Å². The number of morpholine rings is 1. The third-order valence-corrected chi connectivity index (χ3v) is 4.63. The zero-order chi connectivity index (χ0) is 18.4. The number of carbonyl (C=O) groups is 1. The van der Waals surface area contributed by atoms with E-state index in [1.807, 2.05) is 43.3 Å². The van der Waals surface area contributed by atoms with Gasteiger partial charge in [0.25, 0.3) is 0 Å². The van der Waals surface area contributed by atoms with Crippen molar-refractivity contribution in [3.8, 4) is 5.75 Å². The van der Waals surface area contributed by atoms with Crippen molar-refractivity contribution >= 4 is 17.3 Å². The van der Waals surface area contributed by atoms with E-state index in [4.69, 9.17) is 9.47 Å². The second-order valence-corrected chi connectivity index (χ2v) is 6.50. The van der Waals surface area contributed by atoms with Gasteiger partial charge in [0.15, 0.2) is 0 Å². The van der Waals surface area contributed by atoms with Crippen LogP contribution in [0.15, 0.2) is 42.5 Å². The van der Waals surface area contributed by atoms with Gasteiger partial charge >= 0.3 is 0 Å². The Morgan fingerprint density at radius 2 is 1.88 bits per heavy atom. The number of aryl methyl sites for hydroxylation is 2. The van der Waals surface area contributed by atoms with Crippen LogP contribution in [0.4, 0.5) is 11.4 Å². The van der Waals surface area contributed by atoms with E-state index in [1.165, 1.54) is 5.69 Å². The molecule has 2 aromatic carbocycles.